The number of nitrogens with one attached hydrogen (secondary N) is 1. The van der Waals surface area contributed by atoms with Crippen LogP contribution in [0.3, 0.4) is 0 Å². The first-order chi connectivity index (χ1) is 12.1. The number of hydrogen-bond donors (Lipinski definition) is 1. The highest BCUT2D eigenvalue weighted by Gasteiger charge is 2.28. The first kappa shape index (κ1) is 16.8. The van der Waals surface area contributed by atoms with Crippen LogP contribution < -0.4 is 14.8 Å². The van der Waals surface area contributed by atoms with Crippen LogP contribution in [-0.4, -0.2) is 33.2 Å². The average Bonchev–Trinajstić information content (AvgIpc) is 2.65. The number of carbonyl (C=O) groups is 2. The van der Waals surface area contributed by atoms with Crippen molar-refractivity contribution in [2.24, 2.45) is 0 Å². The molecule has 0 spiro atoms. The topological polar surface area (TPSA) is 73.9 Å². The van der Waals surface area contributed by atoms with Gasteiger partial charge in [-0.05, 0) is 29.3 Å². The Kier molecular flexibility index (Phi) is 4.61. The summed E-state index contributed by atoms with van der Waals surface area (Å²) < 4.78 is 15.4. The Morgan fingerprint density at radius 3 is 2.28 bits per heavy atom. The number of fused-ring (bicyclic) bond motifs is 1. The second kappa shape index (κ2) is 6.84. The van der Waals surface area contributed by atoms with Gasteiger partial charge in [0.1, 0.15) is 0 Å². The predicted molar refractivity (Wildman–Crippen MR) is 92.4 cm³/mol. The standard InChI is InChI=1S/C19H19NO5/c1-23-16-8-14-13(9-18(21)20-15(14)10-17(16)24-2)11-4-6-12(7-5-11)19(22)25-3/h4-8,10,13H,9H2,1-3H3,(H,20,21)/t13-/m1/s1. The molecule has 130 valence electrons. The van der Waals surface area contributed by atoms with Crippen molar-refractivity contribution in [3.05, 3.63) is 53.1 Å². The van der Waals surface area contributed by atoms with Gasteiger partial charge in [-0.1, -0.05) is 12.1 Å². The van der Waals surface area contributed by atoms with Gasteiger partial charge in [0.15, 0.2) is 11.5 Å². The molecule has 1 amide bonds. The molecule has 6 heteroatoms. The zero-order valence-electron chi connectivity index (χ0n) is 14.3. The van der Waals surface area contributed by atoms with E-state index in [1.807, 2.05) is 18.2 Å². The Labute approximate surface area is 145 Å². The molecule has 1 heterocycles. The van der Waals surface area contributed by atoms with Crippen molar-refractivity contribution in [2.45, 2.75) is 12.3 Å². The third-order valence-electron chi connectivity index (χ3n) is 4.33. The van der Waals surface area contributed by atoms with Crippen molar-refractivity contribution >= 4 is 17.6 Å². The number of anilines is 1. The molecule has 0 unspecified atom stereocenters. The fourth-order valence-electron chi connectivity index (χ4n) is 3.05. The van der Waals surface area contributed by atoms with Crippen LogP contribution in [0.25, 0.3) is 0 Å². The van der Waals surface area contributed by atoms with Crippen molar-refractivity contribution in [1.82, 2.24) is 0 Å². The Morgan fingerprint density at radius 2 is 1.68 bits per heavy atom. The molecule has 0 bridgehead atoms. The minimum atomic E-state index is -0.389. The van der Waals surface area contributed by atoms with E-state index in [4.69, 9.17) is 14.2 Å². The molecule has 6 nitrogen and oxygen atoms in total. The highest BCUT2D eigenvalue weighted by atomic mass is 16.5. The van der Waals surface area contributed by atoms with E-state index in [0.717, 1.165) is 11.1 Å². The molecule has 25 heavy (non-hydrogen) atoms. The summed E-state index contributed by atoms with van der Waals surface area (Å²) in [4.78, 5) is 23.7. The summed E-state index contributed by atoms with van der Waals surface area (Å²) in [5.74, 6) is 0.577. The van der Waals surface area contributed by atoms with E-state index < -0.39 is 0 Å². The summed E-state index contributed by atoms with van der Waals surface area (Å²) in [6, 6.07) is 10.7. The minimum Gasteiger partial charge on any atom is -0.493 e. The molecule has 1 atom stereocenters. The number of methoxy groups -OCH3 is 3. The second-order valence-corrected chi connectivity index (χ2v) is 5.71. The number of esters is 1. The van der Waals surface area contributed by atoms with Crippen molar-refractivity contribution in [3.63, 3.8) is 0 Å². The lowest BCUT2D eigenvalue weighted by molar-refractivity contribution is -0.116. The maximum atomic E-state index is 12.1. The zero-order chi connectivity index (χ0) is 18.0. The fraction of sp³-hybridized carbons (Fsp3) is 0.263. The van der Waals surface area contributed by atoms with Crippen LogP contribution in [0.15, 0.2) is 36.4 Å². The van der Waals surface area contributed by atoms with Gasteiger partial charge >= 0.3 is 5.97 Å². The van der Waals surface area contributed by atoms with Crippen LogP contribution in [0.1, 0.15) is 33.8 Å². The quantitative estimate of drug-likeness (QED) is 0.866. The molecule has 1 aliphatic heterocycles. The molecule has 1 aliphatic rings. The highest BCUT2D eigenvalue weighted by molar-refractivity contribution is 5.96. The van der Waals surface area contributed by atoms with Crippen molar-refractivity contribution < 1.29 is 23.8 Å². The monoisotopic (exact) mass is 341 g/mol. The summed E-state index contributed by atoms with van der Waals surface area (Å²) in [7, 11) is 4.47. The van der Waals surface area contributed by atoms with Crippen molar-refractivity contribution in [1.29, 1.82) is 0 Å². The lowest BCUT2D eigenvalue weighted by Crippen LogP contribution is -2.23. The summed E-state index contributed by atoms with van der Waals surface area (Å²) in [6.07, 6.45) is 0.319. The first-order valence-corrected chi connectivity index (χ1v) is 7.81. The number of benzene rings is 2. The Hall–Kier alpha value is -3.02. The van der Waals surface area contributed by atoms with Gasteiger partial charge in [-0.2, -0.15) is 0 Å². The molecule has 1 N–H and O–H groups in total. The van der Waals surface area contributed by atoms with Gasteiger partial charge in [-0.25, -0.2) is 4.79 Å². The predicted octanol–water partition coefficient (Wildman–Crippen LogP) is 2.96. The molecule has 0 fully saturated rings. The Bertz CT molecular complexity index is 813. The third kappa shape index (κ3) is 3.15. The molecule has 0 radical (unpaired) electrons. The first-order valence-electron chi connectivity index (χ1n) is 7.81. The van der Waals surface area contributed by atoms with Crippen LogP contribution in [-0.2, 0) is 9.53 Å². The average molecular weight is 341 g/mol. The van der Waals surface area contributed by atoms with E-state index in [0.29, 0.717) is 29.2 Å². The lowest BCUT2D eigenvalue weighted by atomic mass is 9.84. The van der Waals surface area contributed by atoms with Gasteiger partial charge in [0, 0.05) is 24.1 Å². The number of carbonyl (C=O) groups excluding carboxylic acids is 2. The number of amides is 1. The summed E-state index contributed by atoms with van der Waals surface area (Å²) in [6.45, 7) is 0. The van der Waals surface area contributed by atoms with Crippen LogP contribution >= 0.6 is 0 Å². The van der Waals surface area contributed by atoms with E-state index >= 15 is 0 Å². The van der Waals surface area contributed by atoms with Gasteiger partial charge in [0.2, 0.25) is 5.91 Å². The Balaban J connectivity index is 2.03. The smallest absolute Gasteiger partial charge is 0.337 e. The summed E-state index contributed by atoms with van der Waals surface area (Å²) >= 11 is 0. The van der Waals surface area contributed by atoms with Crippen molar-refractivity contribution in [2.75, 3.05) is 26.6 Å². The molecular formula is C19H19NO5. The molecule has 0 saturated carbocycles. The van der Waals surface area contributed by atoms with Crippen LogP contribution in [0.5, 0.6) is 11.5 Å². The van der Waals surface area contributed by atoms with Gasteiger partial charge in [0.25, 0.3) is 0 Å². The second-order valence-electron chi connectivity index (χ2n) is 5.71. The van der Waals surface area contributed by atoms with Crippen LogP contribution in [0.2, 0.25) is 0 Å². The third-order valence-corrected chi connectivity index (χ3v) is 4.33. The van der Waals surface area contributed by atoms with E-state index in [1.54, 1.807) is 32.4 Å². The molecule has 0 aliphatic carbocycles. The number of rotatable bonds is 4. The normalized spacial score (nSPS) is 15.8. The van der Waals surface area contributed by atoms with Crippen molar-refractivity contribution in [3.8, 4) is 11.5 Å². The van der Waals surface area contributed by atoms with E-state index in [-0.39, 0.29) is 17.8 Å². The van der Waals surface area contributed by atoms with Crippen LogP contribution in [0, 0.1) is 0 Å². The summed E-state index contributed by atoms with van der Waals surface area (Å²) in [5, 5.41) is 2.88. The largest absolute Gasteiger partial charge is 0.493 e. The molecule has 0 aromatic heterocycles. The minimum absolute atomic E-state index is 0.0678. The molecule has 3 rings (SSSR count). The van der Waals surface area contributed by atoms with E-state index in [9.17, 15) is 9.59 Å². The SMILES string of the molecule is COC(=O)c1ccc([C@H]2CC(=O)Nc3cc(OC)c(OC)cc32)cc1. The maximum Gasteiger partial charge on any atom is 0.337 e. The van der Waals surface area contributed by atoms with Gasteiger partial charge in [-0.15, -0.1) is 0 Å². The number of hydrogen-bond acceptors (Lipinski definition) is 5. The Morgan fingerprint density at radius 1 is 1.04 bits per heavy atom. The van der Waals surface area contributed by atoms with E-state index in [2.05, 4.69) is 5.32 Å². The molecule has 2 aromatic rings. The van der Waals surface area contributed by atoms with Crippen LogP contribution in [0.4, 0.5) is 5.69 Å². The molecule has 0 saturated heterocycles. The molecule has 2 aromatic carbocycles. The highest BCUT2D eigenvalue weighted by Crippen LogP contribution is 2.43. The van der Waals surface area contributed by atoms with Gasteiger partial charge in [0.05, 0.1) is 26.9 Å². The fourth-order valence-corrected chi connectivity index (χ4v) is 3.05. The van der Waals surface area contributed by atoms with E-state index in [1.165, 1.54) is 7.11 Å². The molecular weight excluding hydrogens is 322 g/mol. The zero-order valence-corrected chi connectivity index (χ0v) is 14.3. The maximum absolute atomic E-state index is 12.1. The lowest BCUT2D eigenvalue weighted by Gasteiger charge is -2.27. The van der Waals surface area contributed by atoms with Gasteiger partial charge < -0.3 is 19.5 Å². The summed E-state index contributed by atoms with van der Waals surface area (Å²) in [5.41, 5.74) is 3.06. The number of ether oxygens (including phenoxy) is 3. The van der Waals surface area contributed by atoms with Gasteiger partial charge in [-0.3, -0.25) is 4.79 Å².